The molecule has 18 heavy (non-hydrogen) atoms. The van der Waals surface area contributed by atoms with Crippen molar-refractivity contribution >= 4 is 0 Å². The summed E-state index contributed by atoms with van der Waals surface area (Å²) in [7, 11) is 0. The van der Waals surface area contributed by atoms with E-state index in [0.29, 0.717) is 18.6 Å². The summed E-state index contributed by atoms with van der Waals surface area (Å²) in [5, 5.41) is 0. The lowest BCUT2D eigenvalue weighted by molar-refractivity contribution is 0.0983. The first kappa shape index (κ1) is 13.5. The molecule has 0 aliphatic carbocycles. The summed E-state index contributed by atoms with van der Waals surface area (Å²) in [5.41, 5.74) is 6.99. The second-order valence-electron chi connectivity index (χ2n) is 5.14. The van der Waals surface area contributed by atoms with E-state index < -0.39 is 0 Å². The summed E-state index contributed by atoms with van der Waals surface area (Å²) >= 11 is 0. The van der Waals surface area contributed by atoms with Crippen LogP contribution >= 0.6 is 0 Å². The van der Waals surface area contributed by atoms with Crippen molar-refractivity contribution in [1.82, 2.24) is 0 Å². The van der Waals surface area contributed by atoms with Gasteiger partial charge in [-0.1, -0.05) is 12.1 Å². The van der Waals surface area contributed by atoms with Crippen LogP contribution in [0.25, 0.3) is 0 Å². The minimum absolute atomic E-state index is 0.178. The highest BCUT2D eigenvalue weighted by Crippen LogP contribution is 2.21. The molecular formula is C15H22FNO. The minimum Gasteiger partial charge on any atom is -0.378 e. The number of nitrogens with two attached hydrogens (primary N) is 1. The molecule has 0 amide bonds. The van der Waals surface area contributed by atoms with Crippen molar-refractivity contribution in [2.24, 2.45) is 11.7 Å². The Morgan fingerprint density at radius 3 is 2.72 bits per heavy atom. The molecule has 0 bridgehead atoms. The van der Waals surface area contributed by atoms with Crippen LogP contribution in [0.4, 0.5) is 4.39 Å². The number of ether oxygens (including phenoxy) is 1. The number of rotatable bonds is 6. The number of benzene rings is 1. The van der Waals surface area contributed by atoms with E-state index in [0.717, 1.165) is 25.9 Å². The average molecular weight is 251 g/mol. The fraction of sp³-hybridized carbons (Fsp3) is 0.600. The SMILES string of the molecule is NCC(CCC1CCCO1)Cc1ccc(F)cc1. The predicted octanol–water partition coefficient (Wildman–Crippen LogP) is 2.90. The van der Waals surface area contributed by atoms with Crippen LogP contribution in [-0.4, -0.2) is 19.3 Å². The number of hydrogen-bond acceptors (Lipinski definition) is 2. The van der Waals surface area contributed by atoms with Crippen LogP contribution < -0.4 is 5.73 Å². The molecule has 2 nitrogen and oxygen atoms in total. The Hall–Kier alpha value is -0.930. The molecular weight excluding hydrogens is 229 g/mol. The molecule has 0 saturated carbocycles. The van der Waals surface area contributed by atoms with Crippen LogP contribution in [0.15, 0.2) is 24.3 Å². The molecule has 2 unspecified atom stereocenters. The minimum atomic E-state index is -0.178. The van der Waals surface area contributed by atoms with Crippen molar-refractivity contribution in [2.45, 2.75) is 38.2 Å². The molecule has 0 radical (unpaired) electrons. The molecule has 100 valence electrons. The Balaban J connectivity index is 1.79. The van der Waals surface area contributed by atoms with Gasteiger partial charge in [-0.3, -0.25) is 0 Å². The molecule has 2 atom stereocenters. The molecule has 1 fully saturated rings. The second-order valence-corrected chi connectivity index (χ2v) is 5.14. The largest absolute Gasteiger partial charge is 0.378 e. The average Bonchev–Trinajstić information content (AvgIpc) is 2.90. The van der Waals surface area contributed by atoms with Crippen molar-refractivity contribution in [3.05, 3.63) is 35.6 Å². The monoisotopic (exact) mass is 251 g/mol. The van der Waals surface area contributed by atoms with Gasteiger partial charge in [0.05, 0.1) is 6.10 Å². The summed E-state index contributed by atoms with van der Waals surface area (Å²) in [6.45, 7) is 1.60. The second kappa shape index (κ2) is 6.86. The van der Waals surface area contributed by atoms with Crippen LogP contribution in [0.1, 0.15) is 31.2 Å². The zero-order chi connectivity index (χ0) is 12.8. The maximum Gasteiger partial charge on any atom is 0.123 e. The topological polar surface area (TPSA) is 35.2 Å². The van der Waals surface area contributed by atoms with E-state index in [1.807, 2.05) is 12.1 Å². The van der Waals surface area contributed by atoms with E-state index in [1.165, 1.54) is 30.5 Å². The van der Waals surface area contributed by atoms with Crippen LogP contribution in [-0.2, 0) is 11.2 Å². The normalized spacial score (nSPS) is 21.1. The lowest BCUT2D eigenvalue weighted by Crippen LogP contribution is -2.19. The van der Waals surface area contributed by atoms with Gasteiger partial charge in [-0.2, -0.15) is 0 Å². The molecule has 3 heteroatoms. The zero-order valence-electron chi connectivity index (χ0n) is 10.8. The van der Waals surface area contributed by atoms with Crippen molar-refractivity contribution in [3.8, 4) is 0 Å². The predicted molar refractivity (Wildman–Crippen MR) is 70.9 cm³/mol. The third kappa shape index (κ3) is 4.07. The number of hydrogen-bond donors (Lipinski definition) is 1. The lowest BCUT2D eigenvalue weighted by atomic mass is 9.93. The molecule has 1 aliphatic rings. The maximum atomic E-state index is 12.8. The van der Waals surface area contributed by atoms with E-state index in [2.05, 4.69) is 0 Å². The van der Waals surface area contributed by atoms with Crippen molar-refractivity contribution in [1.29, 1.82) is 0 Å². The van der Waals surface area contributed by atoms with Gasteiger partial charge in [0.1, 0.15) is 5.82 Å². The Kier molecular flexibility index (Phi) is 5.14. The summed E-state index contributed by atoms with van der Waals surface area (Å²) in [4.78, 5) is 0. The zero-order valence-corrected chi connectivity index (χ0v) is 10.8. The standard InChI is InChI=1S/C15H22FNO/c16-14-6-3-12(4-7-14)10-13(11-17)5-8-15-2-1-9-18-15/h3-4,6-7,13,15H,1-2,5,8-11,17H2. The molecule has 1 heterocycles. The molecule has 1 aromatic carbocycles. The first-order chi connectivity index (χ1) is 8.78. The Morgan fingerprint density at radius 1 is 1.33 bits per heavy atom. The fourth-order valence-electron chi connectivity index (χ4n) is 2.55. The van der Waals surface area contributed by atoms with Gasteiger partial charge < -0.3 is 10.5 Å². The van der Waals surface area contributed by atoms with Crippen molar-refractivity contribution in [2.75, 3.05) is 13.2 Å². The van der Waals surface area contributed by atoms with E-state index in [4.69, 9.17) is 10.5 Å². The molecule has 1 aliphatic heterocycles. The van der Waals surface area contributed by atoms with Crippen molar-refractivity contribution < 1.29 is 9.13 Å². The highest BCUT2D eigenvalue weighted by atomic mass is 19.1. The van der Waals surface area contributed by atoms with Crippen LogP contribution in [0.3, 0.4) is 0 Å². The van der Waals surface area contributed by atoms with Gasteiger partial charge in [0.15, 0.2) is 0 Å². The first-order valence-electron chi connectivity index (χ1n) is 6.84. The molecule has 2 N–H and O–H groups in total. The van der Waals surface area contributed by atoms with E-state index in [-0.39, 0.29) is 5.82 Å². The first-order valence-corrected chi connectivity index (χ1v) is 6.84. The summed E-state index contributed by atoms with van der Waals surface area (Å²) in [5.74, 6) is 0.294. The van der Waals surface area contributed by atoms with E-state index in [9.17, 15) is 4.39 Å². The summed E-state index contributed by atoms with van der Waals surface area (Å²) in [6, 6.07) is 6.74. The highest BCUT2D eigenvalue weighted by Gasteiger charge is 2.17. The van der Waals surface area contributed by atoms with Crippen molar-refractivity contribution in [3.63, 3.8) is 0 Å². The quantitative estimate of drug-likeness (QED) is 0.843. The lowest BCUT2D eigenvalue weighted by Gasteiger charge is -2.17. The van der Waals surface area contributed by atoms with Gasteiger partial charge in [0.2, 0.25) is 0 Å². The molecule has 1 aromatic rings. The van der Waals surface area contributed by atoms with Gasteiger partial charge >= 0.3 is 0 Å². The summed E-state index contributed by atoms with van der Waals surface area (Å²) < 4.78 is 18.4. The number of halogens is 1. The van der Waals surface area contributed by atoms with Gasteiger partial charge in [-0.25, -0.2) is 4.39 Å². The Morgan fingerprint density at radius 2 is 2.11 bits per heavy atom. The van der Waals surface area contributed by atoms with Gasteiger partial charge in [0.25, 0.3) is 0 Å². The van der Waals surface area contributed by atoms with Crippen LogP contribution in [0, 0.1) is 11.7 Å². The highest BCUT2D eigenvalue weighted by molar-refractivity contribution is 5.16. The smallest absolute Gasteiger partial charge is 0.123 e. The van der Waals surface area contributed by atoms with Crippen LogP contribution in [0.2, 0.25) is 0 Å². The van der Waals surface area contributed by atoms with E-state index >= 15 is 0 Å². The Bertz CT molecular complexity index is 346. The third-order valence-electron chi connectivity index (χ3n) is 3.69. The molecule has 1 saturated heterocycles. The van der Waals surface area contributed by atoms with E-state index in [1.54, 1.807) is 0 Å². The van der Waals surface area contributed by atoms with Crippen LogP contribution in [0.5, 0.6) is 0 Å². The van der Waals surface area contributed by atoms with Gasteiger partial charge in [0, 0.05) is 6.61 Å². The maximum absolute atomic E-state index is 12.8. The van der Waals surface area contributed by atoms with Gasteiger partial charge in [-0.15, -0.1) is 0 Å². The fourth-order valence-corrected chi connectivity index (χ4v) is 2.55. The third-order valence-corrected chi connectivity index (χ3v) is 3.69. The molecule has 0 spiro atoms. The Labute approximate surface area is 108 Å². The molecule has 0 aromatic heterocycles. The summed E-state index contributed by atoms with van der Waals surface area (Å²) in [6.07, 6.45) is 5.95. The van der Waals surface area contributed by atoms with Gasteiger partial charge in [-0.05, 0) is 62.3 Å². The molecule has 2 rings (SSSR count).